The van der Waals surface area contributed by atoms with Gasteiger partial charge >= 0.3 is 0 Å². The number of hydrogen-bond acceptors (Lipinski definition) is 4. The fourth-order valence-corrected chi connectivity index (χ4v) is 2.53. The average molecular weight is 363 g/mol. The molecule has 0 saturated carbocycles. The predicted molar refractivity (Wildman–Crippen MR) is 103 cm³/mol. The molecule has 2 N–H and O–H groups in total. The van der Waals surface area contributed by atoms with E-state index in [2.05, 4.69) is 15.6 Å². The Labute approximate surface area is 156 Å². The SMILES string of the molecule is Cc1ccc(Nc2ccnc(C(=O)Nc3ccccc3C#N)c2)cc1Cl. The highest BCUT2D eigenvalue weighted by Gasteiger charge is 2.11. The molecule has 26 heavy (non-hydrogen) atoms. The summed E-state index contributed by atoms with van der Waals surface area (Å²) in [5.74, 6) is -0.390. The van der Waals surface area contributed by atoms with E-state index in [1.807, 2.05) is 31.2 Å². The molecular weight excluding hydrogens is 348 g/mol. The minimum Gasteiger partial charge on any atom is -0.355 e. The van der Waals surface area contributed by atoms with Crippen molar-refractivity contribution >= 4 is 34.6 Å². The fraction of sp³-hybridized carbons (Fsp3) is 0.0500. The molecular formula is C20H15ClN4O. The van der Waals surface area contributed by atoms with E-state index in [0.29, 0.717) is 22.0 Å². The third kappa shape index (κ3) is 4.00. The number of carbonyl (C=O) groups is 1. The monoisotopic (exact) mass is 362 g/mol. The van der Waals surface area contributed by atoms with Gasteiger partial charge in [-0.2, -0.15) is 5.26 Å². The molecule has 0 aliphatic carbocycles. The Morgan fingerprint density at radius 3 is 2.65 bits per heavy atom. The van der Waals surface area contributed by atoms with Crippen LogP contribution in [0.5, 0.6) is 0 Å². The van der Waals surface area contributed by atoms with E-state index < -0.39 is 5.91 Å². The molecule has 0 atom stereocenters. The molecule has 0 radical (unpaired) electrons. The number of para-hydroxylation sites is 1. The van der Waals surface area contributed by atoms with Gasteiger partial charge in [0.2, 0.25) is 0 Å². The van der Waals surface area contributed by atoms with Crippen molar-refractivity contribution in [3.05, 3.63) is 82.6 Å². The number of anilines is 3. The first-order valence-corrected chi connectivity index (χ1v) is 8.24. The number of hydrogen-bond donors (Lipinski definition) is 2. The van der Waals surface area contributed by atoms with Crippen molar-refractivity contribution in [2.24, 2.45) is 0 Å². The average Bonchev–Trinajstić information content (AvgIpc) is 2.65. The molecule has 0 unspecified atom stereocenters. The molecule has 2 aromatic carbocycles. The molecule has 6 heteroatoms. The van der Waals surface area contributed by atoms with Crippen molar-refractivity contribution in [1.82, 2.24) is 4.98 Å². The van der Waals surface area contributed by atoms with Crippen LogP contribution in [0.2, 0.25) is 5.02 Å². The summed E-state index contributed by atoms with van der Waals surface area (Å²) in [6.45, 7) is 1.93. The third-order valence-electron chi connectivity index (χ3n) is 3.75. The minimum absolute atomic E-state index is 0.237. The molecule has 0 spiro atoms. The summed E-state index contributed by atoms with van der Waals surface area (Å²) >= 11 is 6.14. The first kappa shape index (κ1) is 17.5. The van der Waals surface area contributed by atoms with E-state index in [9.17, 15) is 4.79 Å². The normalized spacial score (nSPS) is 10.0. The number of benzene rings is 2. The zero-order chi connectivity index (χ0) is 18.5. The number of pyridine rings is 1. The number of nitrogens with zero attached hydrogens (tertiary/aromatic N) is 2. The van der Waals surface area contributed by atoms with Crippen LogP contribution >= 0.6 is 11.6 Å². The summed E-state index contributed by atoms with van der Waals surface area (Å²) in [5.41, 5.74) is 3.59. The largest absolute Gasteiger partial charge is 0.355 e. The number of aromatic nitrogens is 1. The molecule has 3 aromatic rings. The van der Waals surface area contributed by atoms with Crippen molar-refractivity contribution in [2.75, 3.05) is 10.6 Å². The first-order chi connectivity index (χ1) is 12.6. The van der Waals surface area contributed by atoms with Gasteiger partial charge < -0.3 is 10.6 Å². The van der Waals surface area contributed by atoms with E-state index in [4.69, 9.17) is 16.9 Å². The van der Waals surface area contributed by atoms with Crippen LogP contribution in [0.1, 0.15) is 21.6 Å². The van der Waals surface area contributed by atoms with Crippen molar-refractivity contribution in [3.8, 4) is 6.07 Å². The van der Waals surface area contributed by atoms with Crippen molar-refractivity contribution in [2.45, 2.75) is 6.92 Å². The van der Waals surface area contributed by atoms with Crippen LogP contribution in [-0.4, -0.2) is 10.9 Å². The Kier molecular flexibility index (Phi) is 5.16. The summed E-state index contributed by atoms with van der Waals surface area (Å²) in [6.07, 6.45) is 1.54. The topological polar surface area (TPSA) is 77.8 Å². The molecule has 1 amide bonds. The molecule has 3 rings (SSSR count). The highest BCUT2D eigenvalue weighted by molar-refractivity contribution is 6.31. The third-order valence-corrected chi connectivity index (χ3v) is 4.16. The number of carbonyl (C=O) groups excluding carboxylic acids is 1. The highest BCUT2D eigenvalue weighted by atomic mass is 35.5. The second-order valence-corrected chi connectivity index (χ2v) is 6.04. The van der Waals surface area contributed by atoms with Crippen LogP contribution in [0.4, 0.5) is 17.1 Å². The van der Waals surface area contributed by atoms with Gasteiger partial charge in [0, 0.05) is 22.6 Å². The van der Waals surface area contributed by atoms with Crippen LogP contribution in [0, 0.1) is 18.3 Å². The molecule has 0 bridgehead atoms. The Morgan fingerprint density at radius 2 is 1.88 bits per heavy atom. The highest BCUT2D eigenvalue weighted by Crippen LogP contribution is 2.23. The number of nitrogens with one attached hydrogen (secondary N) is 2. The zero-order valence-electron chi connectivity index (χ0n) is 14.0. The molecule has 0 aliphatic rings. The maximum Gasteiger partial charge on any atom is 0.274 e. The summed E-state index contributed by atoms with van der Waals surface area (Å²) in [7, 11) is 0. The van der Waals surface area contributed by atoms with E-state index in [0.717, 1.165) is 11.3 Å². The van der Waals surface area contributed by atoms with Gasteiger partial charge in [-0.1, -0.05) is 29.8 Å². The second-order valence-electron chi connectivity index (χ2n) is 5.63. The Hall–Kier alpha value is -3.36. The summed E-state index contributed by atoms with van der Waals surface area (Å²) in [6, 6.07) is 17.9. The van der Waals surface area contributed by atoms with Gasteiger partial charge in [-0.3, -0.25) is 9.78 Å². The number of halogens is 1. The van der Waals surface area contributed by atoms with Crippen LogP contribution in [0.25, 0.3) is 0 Å². The smallest absolute Gasteiger partial charge is 0.274 e. The minimum atomic E-state index is -0.390. The molecule has 5 nitrogen and oxygen atoms in total. The predicted octanol–water partition coefficient (Wildman–Crippen LogP) is 4.91. The molecule has 1 aromatic heterocycles. The van der Waals surface area contributed by atoms with Crippen molar-refractivity contribution in [1.29, 1.82) is 5.26 Å². The lowest BCUT2D eigenvalue weighted by Gasteiger charge is -2.10. The Balaban J connectivity index is 1.79. The van der Waals surface area contributed by atoms with Gasteiger partial charge in [-0.15, -0.1) is 0 Å². The van der Waals surface area contributed by atoms with Crippen LogP contribution in [-0.2, 0) is 0 Å². The molecule has 0 aliphatic heterocycles. The van der Waals surface area contributed by atoms with Gasteiger partial charge in [0.15, 0.2) is 0 Å². The van der Waals surface area contributed by atoms with E-state index >= 15 is 0 Å². The summed E-state index contributed by atoms with van der Waals surface area (Å²) in [4.78, 5) is 16.6. The van der Waals surface area contributed by atoms with E-state index in [1.54, 1.807) is 42.6 Å². The summed E-state index contributed by atoms with van der Waals surface area (Å²) < 4.78 is 0. The second kappa shape index (κ2) is 7.68. The van der Waals surface area contributed by atoms with Gasteiger partial charge in [0.25, 0.3) is 5.91 Å². The van der Waals surface area contributed by atoms with Crippen molar-refractivity contribution < 1.29 is 4.79 Å². The first-order valence-electron chi connectivity index (χ1n) is 7.86. The standard InChI is InChI=1S/C20H15ClN4O/c1-13-6-7-15(10-17(13)21)24-16-8-9-23-19(11-16)20(26)25-18-5-3-2-4-14(18)12-22/h2-11H,1H3,(H,23,24)(H,25,26). The van der Waals surface area contributed by atoms with Crippen LogP contribution < -0.4 is 10.6 Å². The van der Waals surface area contributed by atoms with Crippen LogP contribution in [0.3, 0.4) is 0 Å². The van der Waals surface area contributed by atoms with Gasteiger partial charge in [-0.25, -0.2) is 0 Å². The molecule has 0 saturated heterocycles. The zero-order valence-corrected chi connectivity index (χ0v) is 14.7. The maximum atomic E-state index is 12.5. The van der Waals surface area contributed by atoms with Gasteiger partial charge in [-0.05, 0) is 48.9 Å². The van der Waals surface area contributed by atoms with E-state index in [1.165, 1.54) is 0 Å². The molecule has 128 valence electrons. The van der Waals surface area contributed by atoms with Crippen molar-refractivity contribution in [3.63, 3.8) is 0 Å². The van der Waals surface area contributed by atoms with Crippen LogP contribution in [0.15, 0.2) is 60.8 Å². The number of amides is 1. The van der Waals surface area contributed by atoms with Gasteiger partial charge in [0.1, 0.15) is 11.8 Å². The number of nitriles is 1. The van der Waals surface area contributed by atoms with E-state index in [-0.39, 0.29) is 5.69 Å². The molecule has 1 heterocycles. The quantitative estimate of drug-likeness (QED) is 0.691. The Morgan fingerprint density at radius 1 is 1.12 bits per heavy atom. The van der Waals surface area contributed by atoms with Gasteiger partial charge in [0.05, 0.1) is 11.3 Å². The summed E-state index contributed by atoms with van der Waals surface area (Å²) in [5, 5.41) is 15.7. The Bertz CT molecular complexity index is 1010. The fourth-order valence-electron chi connectivity index (χ4n) is 2.35. The lowest BCUT2D eigenvalue weighted by Crippen LogP contribution is -2.14. The number of aryl methyl sites for hydroxylation is 1. The number of rotatable bonds is 4. The maximum absolute atomic E-state index is 12.5. The lowest BCUT2D eigenvalue weighted by atomic mass is 10.2. The lowest BCUT2D eigenvalue weighted by molar-refractivity contribution is 0.102. The molecule has 0 fully saturated rings.